The van der Waals surface area contributed by atoms with Crippen molar-refractivity contribution in [2.45, 2.75) is 32.1 Å². The predicted octanol–water partition coefficient (Wildman–Crippen LogP) is 5.56. The van der Waals surface area contributed by atoms with Gasteiger partial charge in [-0.15, -0.1) is 0 Å². The highest BCUT2D eigenvalue weighted by Gasteiger charge is 2.42. The quantitative estimate of drug-likeness (QED) is 0.299. The molecule has 1 fully saturated rings. The zero-order chi connectivity index (χ0) is 26.9. The third kappa shape index (κ3) is 5.34. The van der Waals surface area contributed by atoms with Crippen molar-refractivity contribution in [3.05, 3.63) is 89.6 Å². The van der Waals surface area contributed by atoms with Crippen LogP contribution < -0.4 is 20.7 Å². The number of hydrogen-bond acceptors (Lipinski definition) is 5. The zero-order valence-corrected chi connectivity index (χ0v) is 21.2. The summed E-state index contributed by atoms with van der Waals surface area (Å²) in [4.78, 5) is 28.6. The second-order valence-electron chi connectivity index (χ2n) is 9.51. The Kier molecular flexibility index (Phi) is 6.54. The number of urea groups is 1. The first-order valence-corrected chi connectivity index (χ1v) is 12.2. The van der Waals surface area contributed by atoms with Gasteiger partial charge in [0.25, 0.3) is 5.91 Å². The van der Waals surface area contributed by atoms with Gasteiger partial charge in [0.1, 0.15) is 28.8 Å². The highest BCUT2D eigenvalue weighted by atomic mass is 19.1. The number of aromatic nitrogens is 3. The second-order valence-corrected chi connectivity index (χ2v) is 9.51. The van der Waals surface area contributed by atoms with E-state index in [9.17, 15) is 14.0 Å². The molecular weight excluding hydrogens is 487 g/mol. The molecule has 38 heavy (non-hydrogen) atoms. The Morgan fingerprint density at radius 1 is 1.03 bits per heavy atom. The summed E-state index contributed by atoms with van der Waals surface area (Å²) < 4.78 is 22.2. The highest BCUT2D eigenvalue weighted by Crippen LogP contribution is 2.47. The van der Waals surface area contributed by atoms with Crippen LogP contribution in [0, 0.1) is 12.7 Å². The van der Waals surface area contributed by atoms with Crippen LogP contribution in [0.2, 0.25) is 0 Å². The van der Waals surface area contributed by atoms with Gasteiger partial charge in [-0.25, -0.2) is 13.9 Å². The average molecular weight is 515 g/mol. The van der Waals surface area contributed by atoms with Gasteiger partial charge in [-0.05, 0) is 55.7 Å². The van der Waals surface area contributed by atoms with Crippen molar-refractivity contribution < 1.29 is 18.7 Å². The maximum atomic E-state index is 14.9. The van der Waals surface area contributed by atoms with Crippen LogP contribution in [0.25, 0.3) is 5.69 Å². The fraction of sp³-hybridized carbons (Fsp3) is 0.214. The molecule has 3 N–H and O–H groups in total. The Hall–Kier alpha value is -4.73. The lowest BCUT2D eigenvalue weighted by Gasteiger charge is -2.12. The van der Waals surface area contributed by atoms with Gasteiger partial charge in [-0.1, -0.05) is 19.1 Å². The van der Waals surface area contributed by atoms with Gasteiger partial charge in [0.2, 0.25) is 0 Å². The van der Waals surface area contributed by atoms with E-state index in [-0.39, 0.29) is 28.5 Å². The molecule has 5 rings (SSSR count). The van der Waals surface area contributed by atoms with E-state index in [1.54, 1.807) is 10.7 Å². The summed E-state index contributed by atoms with van der Waals surface area (Å²) in [6.07, 6.45) is 3.50. The van der Waals surface area contributed by atoms with Crippen LogP contribution >= 0.6 is 0 Å². The van der Waals surface area contributed by atoms with E-state index in [2.05, 4.69) is 27.9 Å². The maximum absolute atomic E-state index is 14.9. The normalized spacial score (nSPS) is 13.5. The smallest absolute Gasteiger partial charge is 0.324 e. The topological polar surface area (TPSA) is 110 Å². The van der Waals surface area contributed by atoms with Gasteiger partial charge in [-0.2, -0.15) is 5.10 Å². The number of amides is 3. The van der Waals surface area contributed by atoms with E-state index >= 15 is 0 Å². The summed E-state index contributed by atoms with van der Waals surface area (Å²) >= 11 is 0. The standard InChI is InChI=1S/C28H27FN6O3/c1-17-5-4-6-18(13-17)35-25(16-24(34-35)28(2)10-11-28)33-27(37)32-22-8-7-19(14-21(22)29)38-20-9-12-31-23(15-20)26(36)30-3/h4-9,12-16H,10-11H2,1-3H3,(H,30,36)(H2,32,33,37). The number of aryl methyl sites for hydroxylation is 1. The van der Waals surface area contributed by atoms with Crippen LogP contribution in [-0.2, 0) is 5.41 Å². The summed E-state index contributed by atoms with van der Waals surface area (Å²) in [5.41, 5.74) is 2.93. The van der Waals surface area contributed by atoms with E-state index in [0.717, 1.165) is 35.9 Å². The van der Waals surface area contributed by atoms with Crippen molar-refractivity contribution >= 4 is 23.4 Å². The molecule has 2 aromatic heterocycles. The van der Waals surface area contributed by atoms with Gasteiger partial charge in [-0.3, -0.25) is 15.1 Å². The molecule has 1 aliphatic carbocycles. The van der Waals surface area contributed by atoms with Gasteiger partial charge >= 0.3 is 6.03 Å². The number of hydrogen-bond donors (Lipinski definition) is 3. The Labute approximate surface area is 219 Å². The van der Waals surface area contributed by atoms with Crippen molar-refractivity contribution in [1.82, 2.24) is 20.1 Å². The Morgan fingerprint density at radius 3 is 2.53 bits per heavy atom. The molecule has 2 heterocycles. The molecule has 0 atom stereocenters. The van der Waals surface area contributed by atoms with Crippen molar-refractivity contribution in [2.75, 3.05) is 17.7 Å². The van der Waals surface area contributed by atoms with Crippen LogP contribution in [0.1, 0.15) is 41.5 Å². The molecule has 0 bridgehead atoms. The Morgan fingerprint density at radius 2 is 1.82 bits per heavy atom. The molecule has 0 aliphatic heterocycles. The molecule has 3 amide bonds. The number of nitrogens with one attached hydrogen (secondary N) is 3. The van der Waals surface area contributed by atoms with Crippen LogP contribution in [0.4, 0.5) is 20.7 Å². The molecule has 194 valence electrons. The molecule has 1 aliphatic rings. The number of nitrogens with zero attached hydrogens (tertiary/aromatic N) is 3. The average Bonchev–Trinajstić information content (AvgIpc) is 3.51. The lowest BCUT2D eigenvalue weighted by Crippen LogP contribution is -2.22. The minimum absolute atomic E-state index is 0.000158. The van der Waals surface area contributed by atoms with Gasteiger partial charge in [0, 0.05) is 36.9 Å². The number of carbonyl (C=O) groups excluding carboxylic acids is 2. The molecule has 2 aromatic carbocycles. The first-order valence-electron chi connectivity index (χ1n) is 12.2. The van der Waals surface area contributed by atoms with Crippen LogP contribution in [0.3, 0.4) is 0 Å². The third-order valence-corrected chi connectivity index (χ3v) is 6.43. The van der Waals surface area contributed by atoms with Crippen LogP contribution in [0.15, 0.2) is 66.9 Å². The van der Waals surface area contributed by atoms with Crippen molar-refractivity contribution in [3.63, 3.8) is 0 Å². The van der Waals surface area contributed by atoms with Crippen LogP contribution in [0.5, 0.6) is 11.5 Å². The van der Waals surface area contributed by atoms with E-state index in [4.69, 9.17) is 9.84 Å². The largest absolute Gasteiger partial charge is 0.457 e. The Balaban J connectivity index is 1.31. The summed E-state index contributed by atoms with van der Waals surface area (Å²) in [7, 11) is 1.50. The number of rotatable bonds is 7. The summed E-state index contributed by atoms with van der Waals surface area (Å²) in [6.45, 7) is 4.13. The molecule has 4 aromatic rings. The monoisotopic (exact) mass is 514 g/mol. The van der Waals surface area contributed by atoms with Crippen LogP contribution in [-0.4, -0.2) is 33.8 Å². The summed E-state index contributed by atoms with van der Waals surface area (Å²) in [5, 5.41) is 12.6. The van der Waals surface area contributed by atoms with Crippen molar-refractivity contribution in [2.24, 2.45) is 0 Å². The van der Waals surface area contributed by atoms with Crippen molar-refractivity contribution in [3.8, 4) is 17.2 Å². The number of halogens is 1. The number of ether oxygens (including phenoxy) is 1. The lowest BCUT2D eigenvalue weighted by molar-refractivity contribution is 0.0957. The number of benzene rings is 2. The van der Waals surface area contributed by atoms with E-state index < -0.39 is 11.8 Å². The first-order chi connectivity index (χ1) is 18.2. The molecule has 0 saturated heterocycles. The van der Waals surface area contributed by atoms with E-state index in [1.807, 2.05) is 37.3 Å². The second kappa shape index (κ2) is 9.97. The van der Waals surface area contributed by atoms with Gasteiger partial charge in [0.15, 0.2) is 0 Å². The number of pyridine rings is 1. The SMILES string of the molecule is CNC(=O)c1cc(Oc2ccc(NC(=O)Nc3cc(C4(C)CC4)nn3-c3cccc(C)c3)c(F)c2)ccn1. The zero-order valence-electron chi connectivity index (χ0n) is 21.2. The van der Waals surface area contributed by atoms with Gasteiger partial charge < -0.3 is 15.4 Å². The fourth-order valence-corrected chi connectivity index (χ4v) is 3.96. The molecule has 0 spiro atoms. The first kappa shape index (κ1) is 24.9. The van der Waals surface area contributed by atoms with E-state index in [1.165, 1.54) is 31.4 Å². The number of carbonyl (C=O) groups is 2. The third-order valence-electron chi connectivity index (χ3n) is 6.43. The summed E-state index contributed by atoms with van der Waals surface area (Å²) in [6, 6.07) is 16.1. The molecule has 0 radical (unpaired) electrons. The summed E-state index contributed by atoms with van der Waals surface area (Å²) in [5.74, 6) is -0.0459. The van der Waals surface area contributed by atoms with Crippen molar-refractivity contribution in [1.29, 1.82) is 0 Å². The minimum atomic E-state index is -0.684. The highest BCUT2D eigenvalue weighted by molar-refractivity contribution is 5.99. The molecule has 9 nitrogen and oxygen atoms in total. The van der Waals surface area contributed by atoms with Gasteiger partial charge in [0.05, 0.1) is 17.1 Å². The predicted molar refractivity (Wildman–Crippen MR) is 142 cm³/mol. The molecule has 0 unspecified atom stereocenters. The molecule has 10 heteroatoms. The van der Waals surface area contributed by atoms with E-state index in [0.29, 0.717) is 11.6 Å². The fourth-order valence-electron chi connectivity index (χ4n) is 3.96. The maximum Gasteiger partial charge on any atom is 0.324 e. The molecular formula is C28H27FN6O3. The molecule has 1 saturated carbocycles. The number of anilines is 2. The lowest BCUT2D eigenvalue weighted by atomic mass is 10.1. The minimum Gasteiger partial charge on any atom is -0.457 e. The Bertz CT molecular complexity index is 1530.